The number of hydrogen-bond donors (Lipinski definition) is 0. The van der Waals surface area contributed by atoms with Gasteiger partial charge in [0.25, 0.3) is 5.91 Å². The third-order valence-corrected chi connectivity index (χ3v) is 5.39. The minimum absolute atomic E-state index is 0.00815. The minimum Gasteiger partial charge on any atom is -0.454 e. The summed E-state index contributed by atoms with van der Waals surface area (Å²) in [5.74, 6) is 1.33. The molecule has 0 unspecified atom stereocenters. The highest BCUT2D eigenvalue weighted by Crippen LogP contribution is 2.33. The molecule has 0 bridgehead atoms. The van der Waals surface area contributed by atoms with E-state index in [0.29, 0.717) is 56.1 Å². The number of benzene rings is 1. The van der Waals surface area contributed by atoms with E-state index in [1.807, 2.05) is 23.1 Å². The second kappa shape index (κ2) is 9.02. The summed E-state index contributed by atoms with van der Waals surface area (Å²) in [6, 6.07) is 9.28. The van der Waals surface area contributed by atoms with Crippen molar-refractivity contribution in [1.29, 1.82) is 0 Å². The van der Waals surface area contributed by atoms with Crippen LogP contribution in [0.15, 0.2) is 42.7 Å². The molecule has 0 spiro atoms. The second-order valence-corrected chi connectivity index (χ2v) is 7.28. The monoisotopic (exact) mass is 411 g/mol. The van der Waals surface area contributed by atoms with Gasteiger partial charge < -0.3 is 24.0 Å². The number of likely N-dealkylation sites (tertiary alicyclic amines) is 1. The molecule has 3 heterocycles. The average Bonchev–Trinajstić information content (AvgIpc) is 3.26. The van der Waals surface area contributed by atoms with Crippen molar-refractivity contribution < 1.29 is 23.8 Å². The molecular weight excluding hydrogens is 386 g/mol. The fourth-order valence-corrected chi connectivity index (χ4v) is 3.83. The highest BCUT2D eigenvalue weighted by molar-refractivity contribution is 5.94. The smallest absolute Gasteiger partial charge is 0.409 e. The number of rotatable bonds is 5. The van der Waals surface area contributed by atoms with Gasteiger partial charge in [0, 0.05) is 38.1 Å². The Morgan fingerprint density at radius 1 is 1.20 bits per heavy atom. The third-order valence-electron chi connectivity index (χ3n) is 5.39. The molecule has 1 aromatic heterocycles. The van der Waals surface area contributed by atoms with Gasteiger partial charge in [-0.15, -0.1) is 0 Å². The van der Waals surface area contributed by atoms with Crippen LogP contribution >= 0.6 is 0 Å². The average molecular weight is 411 g/mol. The summed E-state index contributed by atoms with van der Waals surface area (Å²) in [6.07, 6.45) is 4.32. The number of carbonyl (C=O) groups excluding carboxylic acids is 2. The molecule has 2 aromatic rings. The first-order valence-electron chi connectivity index (χ1n) is 10.2. The molecule has 0 radical (unpaired) electrons. The first kappa shape index (κ1) is 20.0. The summed E-state index contributed by atoms with van der Waals surface area (Å²) in [7, 11) is 0. The highest BCUT2D eigenvalue weighted by atomic mass is 16.7. The third kappa shape index (κ3) is 4.32. The number of piperidine rings is 1. The van der Waals surface area contributed by atoms with Crippen LogP contribution < -0.4 is 9.47 Å². The summed E-state index contributed by atoms with van der Waals surface area (Å²) in [5.41, 5.74) is 1.51. The van der Waals surface area contributed by atoms with E-state index in [0.717, 1.165) is 5.56 Å². The van der Waals surface area contributed by atoms with Gasteiger partial charge in [0.05, 0.1) is 12.2 Å². The number of ether oxygens (including phenoxy) is 3. The molecule has 0 aliphatic carbocycles. The van der Waals surface area contributed by atoms with Crippen molar-refractivity contribution in [1.82, 2.24) is 14.8 Å². The van der Waals surface area contributed by atoms with Crippen LogP contribution in [-0.4, -0.2) is 59.3 Å². The first-order valence-corrected chi connectivity index (χ1v) is 10.2. The Labute approximate surface area is 175 Å². The van der Waals surface area contributed by atoms with Crippen LogP contribution in [0.2, 0.25) is 0 Å². The lowest BCUT2D eigenvalue weighted by Crippen LogP contribution is -2.48. The van der Waals surface area contributed by atoms with Gasteiger partial charge in [-0.2, -0.15) is 0 Å². The van der Waals surface area contributed by atoms with Crippen molar-refractivity contribution in [2.45, 2.75) is 32.4 Å². The fourth-order valence-electron chi connectivity index (χ4n) is 3.83. The molecule has 1 aromatic carbocycles. The maximum atomic E-state index is 13.3. The Kier molecular flexibility index (Phi) is 6.02. The summed E-state index contributed by atoms with van der Waals surface area (Å²) >= 11 is 0. The number of fused-ring (bicyclic) bond motifs is 1. The first-order chi connectivity index (χ1) is 14.7. The molecular formula is C22H25N3O5. The van der Waals surface area contributed by atoms with Crippen molar-refractivity contribution in [2.75, 3.05) is 26.5 Å². The van der Waals surface area contributed by atoms with Crippen molar-refractivity contribution in [3.63, 3.8) is 0 Å². The number of hydrogen-bond acceptors (Lipinski definition) is 6. The summed E-state index contributed by atoms with van der Waals surface area (Å²) in [4.78, 5) is 33.0. The lowest BCUT2D eigenvalue weighted by Gasteiger charge is -2.38. The lowest BCUT2D eigenvalue weighted by atomic mass is 10.0. The van der Waals surface area contributed by atoms with Gasteiger partial charge in [0.1, 0.15) is 0 Å². The van der Waals surface area contributed by atoms with Crippen molar-refractivity contribution >= 4 is 12.0 Å². The van der Waals surface area contributed by atoms with E-state index in [2.05, 4.69) is 4.98 Å². The van der Waals surface area contributed by atoms with Crippen molar-refractivity contribution in [3.05, 3.63) is 53.9 Å². The molecule has 8 heteroatoms. The zero-order valence-electron chi connectivity index (χ0n) is 17.0. The Balaban J connectivity index is 1.52. The second-order valence-electron chi connectivity index (χ2n) is 7.28. The number of aromatic nitrogens is 1. The molecule has 0 N–H and O–H groups in total. The van der Waals surface area contributed by atoms with Crippen LogP contribution in [0.4, 0.5) is 4.79 Å². The molecule has 0 saturated carbocycles. The van der Waals surface area contributed by atoms with Gasteiger partial charge in [0.2, 0.25) is 6.79 Å². The number of pyridine rings is 1. The predicted molar refractivity (Wildman–Crippen MR) is 108 cm³/mol. The number of carbonyl (C=O) groups is 2. The van der Waals surface area contributed by atoms with E-state index >= 15 is 0 Å². The van der Waals surface area contributed by atoms with Crippen LogP contribution in [0.5, 0.6) is 11.5 Å². The standard InChI is InChI=1S/C22H25N3O5/c1-2-28-22(27)24-10-7-18(8-11-24)25(21(26)17-4-3-9-23-13-17)14-16-5-6-19-20(12-16)30-15-29-19/h3-6,9,12-13,18H,2,7-8,10-11,14-15H2,1H3. The number of amides is 2. The normalized spacial score (nSPS) is 15.7. The van der Waals surface area contributed by atoms with Gasteiger partial charge in [-0.3, -0.25) is 9.78 Å². The topological polar surface area (TPSA) is 81.2 Å². The largest absolute Gasteiger partial charge is 0.454 e. The van der Waals surface area contributed by atoms with Crippen LogP contribution in [-0.2, 0) is 11.3 Å². The van der Waals surface area contributed by atoms with E-state index < -0.39 is 0 Å². The lowest BCUT2D eigenvalue weighted by molar-refractivity contribution is 0.0516. The van der Waals surface area contributed by atoms with Gasteiger partial charge >= 0.3 is 6.09 Å². The predicted octanol–water partition coefficient (Wildman–Crippen LogP) is 3.07. The molecule has 1 saturated heterocycles. The summed E-state index contributed by atoms with van der Waals surface area (Å²) < 4.78 is 16.0. The molecule has 0 atom stereocenters. The molecule has 2 aliphatic heterocycles. The molecule has 30 heavy (non-hydrogen) atoms. The summed E-state index contributed by atoms with van der Waals surface area (Å²) in [5, 5.41) is 0. The molecule has 8 nitrogen and oxygen atoms in total. The van der Waals surface area contributed by atoms with Gasteiger partial charge in [-0.05, 0) is 49.6 Å². The van der Waals surface area contributed by atoms with Crippen molar-refractivity contribution in [3.8, 4) is 11.5 Å². The molecule has 1 fully saturated rings. The van der Waals surface area contributed by atoms with E-state index in [-0.39, 0.29) is 24.8 Å². The quantitative estimate of drug-likeness (QED) is 0.752. The Hall–Kier alpha value is -3.29. The van der Waals surface area contributed by atoms with Crippen LogP contribution in [0, 0.1) is 0 Å². The summed E-state index contributed by atoms with van der Waals surface area (Å²) in [6.45, 7) is 3.92. The number of nitrogens with zero attached hydrogens (tertiary/aromatic N) is 3. The minimum atomic E-state index is -0.295. The van der Waals surface area contributed by atoms with E-state index in [1.165, 1.54) is 0 Å². The van der Waals surface area contributed by atoms with Gasteiger partial charge in [0.15, 0.2) is 11.5 Å². The SMILES string of the molecule is CCOC(=O)N1CCC(N(Cc2ccc3c(c2)OCO3)C(=O)c2cccnc2)CC1. The molecule has 2 aliphatic rings. The zero-order chi connectivity index (χ0) is 20.9. The van der Waals surface area contributed by atoms with Crippen molar-refractivity contribution in [2.24, 2.45) is 0 Å². The van der Waals surface area contributed by atoms with E-state index in [1.54, 1.807) is 36.4 Å². The maximum absolute atomic E-state index is 13.3. The Morgan fingerprint density at radius 2 is 2.00 bits per heavy atom. The van der Waals surface area contributed by atoms with E-state index in [4.69, 9.17) is 14.2 Å². The molecule has 2 amide bonds. The van der Waals surface area contributed by atoms with Crippen LogP contribution in [0.25, 0.3) is 0 Å². The maximum Gasteiger partial charge on any atom is 0.409 e. The van der Waals surface area contributed by atoms with Crippen LogP contribution in [0.1, 0.15) is 35.7 Å². The molecule has 158 valence electrons. The van der Waals surface area contributed by atoms with Crippen LogP contribution in [0.3, 0.4) is 0 Å². The zero-order valence-corrected chi connectivity index (χ0v) is 17.0. The Morgan fingerprint density at radius 3 is 2.73 bits per heavy atom. The van der Waals surface area contributed by atoms with E-state index in [9.17, 15) is 9.59 Å². The van der Waals surface area contributed by atoms with Gasteiger partial charge in [-0.25, -0.2) is 4.79 Å². The fraction of sp³-hybridized carbons (Fsp3) is 0.409. The Bertz CT molecular complexity index is 897. The molecule has 4 rings (SSSR count). The highest BCUT2D eigenvalue weighted by Gasteiger charge is 2.31. The van der Waals surface area contributed by atoms with Gasteiger partial charge in [-0.1, -0.05) is 6.07 Å².